The molecular formula is C11H14BrNO2. The van der Waals surface area contributed by atoms with Crippen molar-refractivity contribution in [3.05, 3.63) is 34.3 Å². The fraction of sp³-hybridized carbons (Fsp3) is 0.364. The van der Waals surface area contributed by atoms with E-state index in [1.165, 1.54) is 0 Å². The van der Waals surface area contributed by atoms with Crippen LogP contribution in [-0.4, -0.2) is 11.1 Å². The first-order valence-corrected chi connectivity index (χ1v) is 5.54. The molecule has 0 fully saturated rings. The average molecular weight is 272 g/mol. The van der Waals surface area contributed by atoms with Gasteiger partial charge in [0.25, 0.3) is 0 Å². The Morgan fingerprint density at radius 1 is 1.47 bits per heavy atom. The Bertz CT molecular complexity index is 350. The molecule has 0 radical (unpaired) electrons. The first-order chi connectivity index (χ1) is 6.98. The number of carboxylic acids is 1. The second-order valence-electron chi connectivity index (χ2n) is 3.59. The van der Waals surface area contributed by atoms with E-state index in [4.69, 9.17) is 10.8 Å². The van der Waals surface area contributed by atoms with E-state index >= 15 is 0 Å². The maximum Gasteiger partial charge on any atom is 0.305 e. The molecule has 3 nitrogen and oxygen atoms in total. The molecule has 1 atom stereocenters. The largest absolute Gasteiger partial charge is 0.481 e. The van der Waals surface area contributed by atoms with Crippen molar-refractivity contribution in [2.24, 2.45) is 5.73 Å². The van der Waals surface area contributed by atoms with Gasteiger partial charge in [0.05, 0.1) is 12.0 Å². The summed E-state index contributed by atoms with van der Waals surface area (Å²) in [6.45, 7) is 1.89. The van der Waals surface area contributed by atoms with Gasteiger partial charge in [0.15, 0.2) is 0 Å². The third kappa shape index (κ3) is 3.04. The molecule has 82 valence electrons. The van der Waals surface area contributed by atoms with E-state index in [2.05, 4.69) is 15.9 Å². The molecule has 0 saturated carbocycles. The zero-order valence-corrected chi connectivity index (χ0v) is 10.1. The van der Waals surface area contributed by atoms with Crippen LogP contribution in [0.25, 0.3) is 0 Å². The van der Waals surface area contributed by atoms with Crippen LogP contribution in [0.4, 0.5) is 0 Å². The maximum absolute atomic E-state index is 10.7. The van der Waals surface area contributed by atoms with Crippen LogP contribution in [-0.2, 0) is 10.3 Å². The zero-order valence-electron chi connectivity index (χ0n) is 8.53. The normalized spacial score (nSPS) is 14.6. The summed E-state index contributed by atoms with van der Waals surface area (Å²) in [5, 5.41) is 8.81. The lowest BCUT2D eigenvalue weighted by Crippen LogP contribution is -2.38. The van der Waals surface area contributed by atoms with E-state index in [0.717, 1.165) is 10.0 Å². The summed E-state index contributed by atoms with van der Waals surface area (Å²) in [7, 11) is 0. The van der Waals surface area contributed by atoms with E-state index in [9.17, 15) is 4.79 Å². The van der Waals surface area contributed by atoms with Crippen LogP contribution >= 0.6 is 15.9 Å². The molecule has 0 heterocycles. The van der Waals surface area contributed by atoms with E-state index in [-0.39, 0.29) is 6.42 Å². The molecule has 1 aromatic carbocycles. The molecule has 0 unspecified atom stereocenters. The van der Waals surface area contributed by atoms with Gasteiger partial charge in [0, 0.05) is 4.47 Å². The molecule has 1 rings (SSSR count). The van der Waals surface area contributed by atoms with E-state index in [1.54, 1.807) is 0 Å². The summed E-state index contributed by atoms with van der Waals surface area (Å²) < 4.78 is 0.958. The molecule has 3 N–H and O–H groups in total. The molecule has 0 aromatic heterocycles. The number of hydrogen-bond donors (Lipinski definition) is 2. The van der Waals surface area contributed by atoms with Crippen molar-refractivity contribution in [2.75, 3.05) is 0 Å². The molecule has 4 heteroatoms. The Morgan fingerprint density at radius 3 is 2.40 bits per heavy atom. The van der Waals surface area contributed by atoms with Crippen molar-refractivity contribution in [3.8, 4) is 0 Å². The van der Waals surface area contributed by atoms with Crippen molar-refractivity contribution in [1.82, 2.24) is 0 Å². The smallest absolute Gasteiger partial charge is 0.305 e. The number of halogens is 1. The van der Waals surface area contributed by atoms with Gasteiger partial charge in [-0.1, -0.05) is 35.0 Å². The van der Waals surface area contributed by atoms with Crippen molar-refractivity contribution < 1.29 is 9.90 Å². The Morgan fingerprint density at radius 2 is 2.00 bits per heavy atom. The van der Waals surface area contributed by atoms with Crippen molar-refractivity contribution in [3.63, 3.8) is 0 Å². The lowest BCUT2D eigenvalue weighted by Gasteiger charge is -2.26. The van der Waals surface area contributed by atoms with Gasteiger partial charge in [0.2, 0.25) is 0 Å². The molecule has 15 heavy (non-hydrogen) atoms. The van der Waals surface area contributed by atoms with Crippen LogP contribution in [0.1, 0.15) is 25.3 Å². The number of nitrogens with two attached hydrogens (primary N) is 1. The molecule has 0 saturated heterocycles. The van der Waals surface area contributed by atoms with Gasteiger partial charge in [-0.3, -0.25) is 4.79 Å². The first-order valence-electron chi connectivity index (χ1n) is 4.74. The summed E-state index contributed by atoms with van der Waals surface area (Å²) in [5.41, 5.74) is 6.16. The Kier molecular flexibility index (Phi) is 3.88. The molecule has 0 amide bonds. The van der Waals surface area contributed by atoms with E-state index in [1.807, 2.05) is 31.2 Å². The summed E-state index contributed by atoms with van der Waals surface area (Å²) in [5.74, 6) is -0.873. The number of rotatable bonds is 4. The highest BCUT2D eigenvalue weighted by atomic mass is 79.9. The van der Waals surface area contributed by atoms with Crippen LogP contribution in [0.5, 0.6) is 0 Å². The molecule has 1 aromatic rings. The molecule has 0 aliphatic rings. The average Bonchev–Trinajstić information content (AvgIpc) is 2.17. The van der Waals surface area contributed by atoms with Crippen LogP contribution in [0, 0.1) is 0 Å². The van der Waals surface area contributed by atoms with Gasteiger partial charge in [-0.05, 0) is 24.1 Å². The first kappa shape index (κ1) is 12.2. The number of carbonyl (C=O) groups is 1. The Balaban J connectivity index is 3.00. The molecule has 0 aliphatic heterocycles. The van der Waals surface area contributed by atoms with Crippen molar-refractivity contribution in [1.29, 1.82) is 0 Å². The predicted molar refractivity (Wildman–Crippen MR) is 62.6 cm³/mol. The SMILES string of the molecule is CC[C@@](N)(CC(=O)O)c1ccc(Br)cc1. The van der Waals surface area contributed by atoms with Gasteiger partial charge < -0.3 is 10.8 Å². The van der Waals surface area contributed by atoms with Crippen LogP contribution in [0.2, 0.25) is 0 Å². The van der Waals surface area contributed by atoms with Gasteiger partial charge in [0.1, 0.15) is 0 Å². The summed E-state index contributed by atoms with van der Waals surface area (Å²) in [6, 6.07) is 7.45. The topological polar surface area (TPSA) is 63.3 Å². The molecule has 0 aliphatic carbocycles. The quantitative estimate of drug-likeness (QED) is 0.885. The summed E-state index contributed by atoms with van der Waals surface area (Å²) in [6.07, 6.45) is 0.548. The van der Waals surface area contributed by atoms with Gasteiger partial charge in [-0.15, -0.1) is 0 Å². The highest BCUT2D eigenvalue weighted by molar-refractivity contribution is 9.10. The van der Waals surface area contributed by atoms with Crippen LogP contribution in [0.3, 0.4) is 0 Å². The second-order valence-corrected chi connectivity index (χ2v) is 4.50. The number of carboxylic acid groups (broad SMARTS) is 1. The fourth-order valence-corrected chi connectivity index (χ4v) is 1.75. The minimum atomic E-state index is -0.873. The zero-order chi connectivity index (χ0) is 11.5. The monoisotopic (exact) mass is 271 g/mol. The highest BCUT2D eigenvalue weighted by Gasteiger charge is 2.28. The third-order valence-corrected chi connectivity index (χ3v) is 3.05. The Labute approximate surface area is 97.4 Å². The predicted octanol–water partition coefficient (Wildman–Crippen LogP) is 2.49. The fourth-order valence-electron chi connectivity index (χ4n) is 1.48. The van der Waals surface area contributed by atoms with Gasteiger partial charge in [-0.2, -0.15) is 0 Å². The Hall–Kier alpha value is -0.870. The van der Waals surface area contributed by atoms with Crippen molar-refractivity contribution >= 4 is 21.9 Å². The number of aliphatic carboxylic acids is 1. The maximum atomic E-state index is 10.7. The third-order valence-electron chi connectivity index (χ3n) is 2.52. The number of benzene rings is 1. The molecular weight excluding hydrogens is 258 g/mol. The van der Waals surface area contributed by atoms with E-state index in [0.29, 0.717) is 6.42 Å². The minimum Gasteiger partial charge on any atom is -0.481 e. The molecule has 0 spiro atoms. The number of hydrogen-bond acceptors (Lipinski definition) is 2. The lowest BCUT2D eigenvalue weighted by atomic mass is 9.85. The van der Waals surface area contributed by atoms with Gasteiger partial charge in [-0.25, -0.2) is 0 Å². The second kappa shape index (κ2) is 4.77. The van der Waals surface area contributed by atoms with Crippen LogP contribution < -0.4 is 5.73 Å². The minimum absolute atomic E-state index is 0.0505. The van der Waals surface area contributed by atoms with E-state index < -0.39 is 11.5 Å². The lowest BCUT2D eigenvalue weighted by molar-refractivity contribution is -0.138. The van der Waals surface area contributed by atoms with Gasteiger partial charge >= 0.3 is 5.97 Å². The van der Waals surface area contributed by atoms with Crippen molar-refractivity contribution in [2.45, 2.75) is 25.3 Å². The van der Waals surface area contributed by atoms with Crippen LogP contribution in [0.15, 0.2) is 28.7 Å². The standard InChI is InChI=1S/C11H14BrNO2/c1-2-11(13,7-10(14)15)8-3-5-9(12)6-4-8/h3-6H,2,7,13H2,1H3,(H,14,15)/t11-/m1/s1. The summed E-state index contributed by atoms with van der Waals surface area (Å²) >= 11 is 3.33. The highest BCUT2D eigenvalue weighted by Crippen LogP contribution is 2.27. The summed E-state index contributed by atoms with van der Waals surface area (Å²) in [4.78, 5) is 10.7. The molecule has 0 bridgehead atoms.